The van der Waals surface area contributed by atoms with E-state index in [-0.39, 0.29) is 5.92 Å². The second-order valence-electron chi connectivity index (χ2n) is 8.93. The number of urea groups is 1. The molecule has 0 bridgehead atoms. The fourth-order valence-corrected chi connectivity index (χ4v) is 3.65. The number of carbonyl (C=O) groups is 2. The number of aryl methyl sites for hydroxylation is 1. The van der Waals surface area contributed by atoms with Crippen LogP contribution in [0.25, 0.3) is 0 Å². The van der Waals surface area contributed by atoms with Crippen LogP contribution in [0.3, 0.4) is 0 Å². The molecule has 0 fully saturated rings. The van der Waals surface area contributed by atoms with Gasteiger partial charge in [-0.3, -0.25) is 5.32 Å². The summed E-state index contributed by atoms with van der Waals surface area (Å²) in [6.07, 6.45) is 1.24. The van der Waals surface area contributed by atoms with Gasteiger partial charge in [-0.15, -0.1) is 0 Å². The normalized spacial score (nSPS) is 12.1. The average Bonchev–Trinajstić information content (AvgIpc) is 3.11. The standard InChI is InChI=1S/C24H36N4O4/c1-16(2)13-28(14-17(3)4)22-8-7-19(20(9-10-29)15-31-6)12-21(22)25-24(30)26-23-11-18(5)32-27-23/h7-8,10-12,16-17,20H,9,13-15H2,1-6H3,(H2,25,26,27,30). The van der Waals surface area contributed by atoms with Crippen molar-refractivity contribution < 1.29 is 18.8 Å². The predicted molar refractivity (Wildman–Crippen MR) is 128 cm³/mol. The number of nitrogens with zero attached hydrogens (tertiary/aromatic N) is 2. The number of benzene rings is 1. The van der Waals surface area contributed by atoms with Crippen LogP contribution in [0, 0.1) is 18.8 Å². The van der Waals surface area contributed by atoms with E-state index in [2.05, 4.69) is 48.4 Å². The summed E-state index contributed by atoms with van der Waals surface area (Å²) >= 11 is 0. The number of amides is 2. The molecule has 0 saturated carbocycles. The van der Waals surface area contributed by atoms with Crippen LogP contribution in [-0.2, 0) is 9.53 Å². The highest BCUT2D eigenvalue weighted by Crippen LogP contribution is 2.32. The van der Waals surface area contributed by atoms with Crippen molar-refractivity contribution in [2.45, 2.75) is 47.0 Å². The van der Waals surface area contributed by atoms with E-state index in [0.29, 0.717) is 42.1 Å². The summed E-state index contributed by atoms with van der Waals surface area (Å²) < 4.78 is 10.3. The van der Waals surface area contributed by atoms with Crippen LogP contribution in [0.5, 0.6) is 0 Å². The topological polar surface area (TPSA) is 96.7 Å². The third-order valence-electron chi connectivity index (χ3n) is 4.87. The third kappa shape index (κ3) is 7.67. The van der Waals surface area contributed by atoms with Crippen molar-refractivity contribution in [1.82, 2.24) is 5.16 Å². The van der Waals surface area contributed by atoms with E-state index < -0.39 is 6.03 Å². The second-order valence-corrected chi connectivity index (χ2v) is 8.93. The number of methoxy groups -OCH3 is 1. The van der Waals surface area contributed by atoms with Gasteiger partial charge in [-0.1, -0.05) is 38.9 Å². The molecule has 0 radical (unpaired) electrons. The van der Waals surface area contributed by atoms with Crippen molar-refractivity contribution in [1.29, 1.82) is 0 Å². The van der Waals surface area contributed by atoms with E-state index in [1.807, 2.05) is 18.2 Å². The van der Waals surface area contributed by atoms with Gasteiger partial charge in [0.05, 0.1) is 18.0 Å². The lowest BCUT2D eigenvalue weighted by molar-refractivity contribution is -0.108. The molecule has 2 aromatic rings. The molecule has 1 aromatic heterocycles. The molecule has 8 heteroatoms. The molecule has 176 valence electrons. The molecule has 1 aromatic carbocycles. The number of hydrogen-bond acceptors (Lipinski definition) is 6. The van der Waals surface area contributed by atoms with Gasteiger partial charge in [0, 0.05) is 38.6 Å². The number of anilines is 3. The van der Waals surface area contributed by atoms with Gasteiger partial charge >= 0.3 is 6.03 Å². The maximum absolute atomic E-state index is 12.7. The third-order valence-corrected chi connectivity index (χ3v) is 4.87. The maximum Gasteiger partial charge on any atom is 0.325 e. The van der Waals surface area contributed by atoms with E-state index in [9.17, 15) is 9.59 Å². The molecule has 8 nitrogen and oxygen atoms in total. The molecular weight excluding hydrogens is 408 g/mol. The van der Waals surface area contributed by atoms with Gasteiger partial charge in [-0.25, -0.2) is 4.79 Å². The molecule has 0 spiro atoms. The van der Waals surface area contributed by atoms with Crippen molar-refractivity contribution in [3.63, 3.8) is 0 Å². The van der Waals surface area contributed by atoms with E-state index in [0.717, 1.165) is 30.6 Å². The molecule has 0 aliphatic rings. The van der Waals surface area contributed by atoms with Crippen LogP contribution in [0.15, 0.2) is 28.8 Å². The molecule has 1 atom stereocenters. The Morgan fingerprint density at radius 1 is 1.16 bits per heavy atom. The number of rotatable bonds is 12. The van der Waals surface area contributed by atoms with Crippen LogP contribution >= 0.6 is 0 Å². The lowest BCUT2D eigenvalue weighted by atomic mass is 9.95. The highest BCUT2D eigenvalue weighted by molar-refractivity contribution is 6.01. The highest BCUT2D eigenvalue weighted by Gasteiger charge is 2.20. The molecule has 32 heavy (non-hydrogen) atoms. The zero-order valence-electron chi connectivity index (χ0n) is 20.0. The summed E-state index contributed by atoms with van der Waals surface area (Å²) in [6, 6.07) is 7.21. The average molecular weight is 445 g/mol. The fourth-order valence-electron chi connectivity index (χ4n) is 3.65. The van der Waals surface area contributed by atoms with Crippen LogP contribution in [0.4, 0.5) is 22.0 Å². The fraction of sp³-hybridized carbons (Fsp3) is 0.542. The molecule has 1 unspecified atom stereocenters. The Morgan fingerprint density at radius 3 is 2.38 bits per heavy atom. The molecule has 1 heterocycles. The Hall–Kier alpha value is -2.87. The van der Waals surface area contributed by atoms with Gasteiger partial charge < -0.3 is 24.3 Å². The van der Waals surface area contributed by atoms with Crippen LogP contribution < -0.4 is 15.5 Å². The van der Waals surface area contributed by atoms with Gasteiger partial charge in [0.15, 0.2) is 5.82 Å². The van der Waals surface area contributed by atoms with E-state index in [1.54, 1.807) is 20.1 Å². The number of ether oxygens (including phenoxy) is 1. The molecular formula is C24H36N4O4. The Labute approximate surface area is 190 Å². The smallest absolute Gasteiger partial charge is 0.325 e. The minimum atomic E-state index is -0.413. The first kappa shape index (κ1) is 25.4. The van der Waals surface area contributed by atoms with Gasteiger partial charge in [-0.2, -0.15) is 0 Å². The van der Waals surface area contributed by atoms with Crippen molar-refractivity contribution in [2.75, 3.05) is 42.3 Å². The number of aromatic nitrogens is 1. The second kappa shape index (κ2) is 12.2. The van der Waals surface area contributed by atoms with Gasteiger partial charge in [-0.05, 0) is 36.5 Å². The molecule has 2 N–H and O–H groups in total. The Bertz CT molecular complexity index is 869. The number of nitrogens with one attached hydrogen (secondary N) is 2. The summed E-state index contributed by atoms with van der Waals surface area (Å²) in [5.41, 5.74) is 2.54. The molecule has 2 rings (SSSR count). The SMILES string of the molecule is COCC(CC=O)c1ccc(N(CC(C)C)CC(C)C)c(NC(=O)Nc2cc(C)on2)c1. The monoisotopic (exact) mass is 444 g/mol. The summed E-state index contributed by atoms with van der Waals surface area (Å²) in [4.78, 5) is 26.2. The van der Waals surface area contributed by atoms with E-state index >= 15 is 0 Å². The first-order chi connectivity index (χ1) is 15.2. The first-order valence-electron chi connectivity index (χ1n) is 11.1. The van der Waals surface area contributed by atoms with E-state index in [1.165, 1.54) is 0 Å². The molecule has 0 saturated heterocycles. The highest BCUT2D eigenvalue weighted by atomic mass is 16.5. The summed E-state index contributed by atoms with van der Waals surface area (Å²) in [6.45, 7) is 12.6. The lowest BCUT2D eigenvalue weighted by Gasteiger charge is -2.31. The first-order valence-corrected chi connectivity index (χ1v) is 11.1. The zero-order chi connectivity index (χ0) is 23.7. The van der Waals surface area contributed by atoms with Crippen molar-refractivity contribution >= 4 is 29.5 Å². The molecule has 2 amide bonds. The largest absolute Gasteiger partial charge is 0.384 e. The Kier molecular flexibility index (Phi) is 9.71. The quantitative estimate of drug-likeness (QED) is 0.444. The number of hydrogen-bond donors (Lipinski definition) is 2. The minimum Gasteiger partial charge on any atom is -0.384 e. The lowest BCUT2D eigenvalue weighted by Crippen LogP contribution is -2.32. The van der Waals surface area contributed by atoms with Crippen LogP contribution in [0.2, 0.25) is 0 Å². The maximum atomic E-state index is 12.7. The van der Waals surface area contributed by atoms with Crippen molar-refractivity contribution in [3.8, 4) is 0 Å². The Morgan fingerprint density at radius 2 is 1.84 bits per heavy atom. The predicted octanol–water partition coefficient (Wildman–Crippen LogP) is 5.06. The van der Waals surface area contributed by atoms with Crippen molar-refractivity contribution in [3.05, 3.63) is 35.6 Å². The number of carbonyl (C=O) groups excluding carboxylic acids is 2. The Balaban J connectivity index is 2.41. The van der Waals surface area contributed by atoms with Gasteiger partial charge in [0.1, 0.15) is 12.0 Å². The van der Waals surface area contributed by atoms with Gasteiger partial charge in [0.2, 0.25) is 0 Å². The molecule has 0 aliphatic carbocycles. The zero-order valence-corrected chi connectivity index (χ0v) is 20.0. The molecule has 0 aliphatic heterocycles. The van der Waals surface area contributed by atoms with Crippen LogP contribution in [-0.4, -0.2) is 44.3 Å². The van der Waals surface area contributed by atoms with Crippen LogP contribution in [0.1, 0.15) is 51.4 Å². The van der Waals surface area contributed by atoms with Gasteiger partial charge in [0.25, 0.3) is 0 Å². The van der Waals surface area contributed by atoms with Crippen molar-refractivity contribution in [2.24, 2.45) is 11.8 Å². The number of aldehydes is 1. The summed E-state index contributed by atoms with van der Waals surface area (Å²) in [5.74, 6) is 1.77. The van der Waals surface area contributed by atoms with E-state index in [4.69, 9.17) is 9.26 Å². The summed E-state index contributed by atoms with van der Waals surface area (Å²) in [7, 11) is 1.62. The minimum absolute atomic E-state index is 0.0861. The summed E-state index contributed by atoms with van der Waals surface area (Å²) in [5, 5.41) is 9.49.